The first kappa shape index (κ1) is 11.5. The maximum atomic E-state index is 5.75. The van der Waals surface area contributed by atoms with Crippen LogP contribution in [0.1, 0.15) is 23.1 Å². The van der Waals surface area contributed by atoms with E-state index in [1.807, 2.05) is 0 Å². The van der Waals surface area contributed by atoms with Crippen LogP contribution in [-0.2, 0) is 0 Å². The minimum absolute atomic E-state index is 0.681. The van der Waals surface area contributed by atoms with Crippen LogP contribution in [-0.4, -0.2) is 19.6 Å². The molecular formula is C14H22N2. The molecule has 0 aliphatic carbocycles. The van der Waals surface area contributed by atoms with Gasteiger partial charge in [0.1, 0.15) is 0 Å². The van der Waals surface area contributed by atoms with Crippen molar-refractivity contribution in [3.8, 4) is 0 Å². The number of hydrogen-bond acceptors (Lipinski definition) is 2. The molecule has 1 saturated heterocycles. The molecule has 0 spiro atoms. The Morgan fingerprint density at radius 1 is 1.25 bits per heavy atom. The Hall–Kier alpha value is -1.02. The van der Waals surface area contributed by atoms with Crippen LogP contribution < -0.4 is 10.6 Å². The van der Waals surface area contributed by atoms with Crippen LogP contribution in [0.5, 0.6) is 0 Å². The van der Waals surface area contributed by atoms with Crippen LogP contribution in [0.15, 0.2) is 12.1 Å². The molecule has 16 heavy (non-hydrogen) atoms. The zero-order valence-corrected chi connectivity index (χ0v) is 10.6. The van der Waals surface area contributed by atoms with Crippen molar-refractivity contribution in [3.63, 3.8) is 0 Å². The zero-order valence-electron chi connectivity index (χ0n) is 10.6. The number of rotatable bonds is 2. The molecule has 2 rings (SSSR count). The number of aryl methyl sites for hydroxylation is 3. The molecule has 0 saturated carbocycles. The van der Waals surface area contributed by atoms with E-state index in [4.69, 9.17) is 5.73 Å². The summed E-state index contributed by atoms with van der Waals surface area (Å²) < 4.78 is 0. The van der Waals surface area contributed by atoms with Gasteiger partial charge in [0, 0.05) is 18.8 Å². The van der Waals surface area contributed by atoms with E-state index >= 15 is 0 Å². The van der Waals surface area contributed by atoms with Crippen LogP contribution in [0, 0.1) is 26.7 Å². The second-order valence-electron chi connectivity index (χ2n) is 5.08. The van der Waals surface area contributed by atoms with Crippen molar-refractivity contribution in [2.45, 2.75) is 27.2 Å². The van der Waals surface area contributed by atoms with E-state index in [2.05, 4.69) is 37.8 Å². The SMILES string of the molecule is Cc1cc(C)c(N2CCC(CN)C2)c(C)c1. The lowest BCUT2D eigenvalue weighted by atomic mass is 10.0. The second kappa shape index (κ2) is 4.46. The maximum absolute atomic E-state index is 5.75. The number of anilines is 1. The van der Waals surface area contributed by atoms with E-state index in [9.17, 15) is 0 Å². The van der Waals surface area contributed by atoms with Gasteiger partial charge < -0.3 is 10.6 Å². The topological polar surface area (TPSA) is 29.3 Å². The Balaban J connectivity index is 2.28. The molecule has 1 aromatic rings. The molecule has 2 heteroatoms. The second-order valence-corrected chi connectivity index (χ2v) is 5.08. The van der Waals surface area contributed by atoms with Crippen LogP contribution in [0.3, 0.4) is 0 Å². The van der Waals surface area contributed by atoms with Gasteiger partial charge in [0.25, 0.3) is 0 Å². The fraction of sp³-hybridized carbons (Fsp3) is 0.571. The highest BCUT2D eigenvalue weighted by atomic mass is 15.2. The largest absolute Gasteiger partial charge is 0.371 e. The van der Waals surface area contributed by atoms with Gasteiger partial charge >= 0.3 is 0 Å². The Morgan fingerprint density at radius 3 is 2.38 bits per heavy atom. The van der Waals surface area contributed by atoms with Gasteiger partial charge in [0.2, 0.25) is 0 Å². The van der Waals surface area contributed by atoms with Crippen molar-refractivity contribution in [1.82, 2.24) is 0 Å². The highest BCUT2D eigenvalue weighted by Gasteiger charge is 2.23. The predicted molar refractivity (Wildman–Crippen MR) is 70.0 cm³/mol. The van der Waals surface area contributed by atoms with E-state index in [1.54, 1.807) is 0 Å². The Bertz CT molecular complexity index is 361. The van der Waals surface area contributed by atoms with Crippen molar-refractivity contribution >= 4 is 5.69 Å². The van der Waals surface area contributed by atoms with E-state index in [-0.39, 0.29) is 0 Å². The average molecular weight is 218 g/mol. The monoisotopic (exact) mass is 218 g/mol. The van der Waals surface area contributed by atoms with E-state index < -0.39 is 0 Å². The molecule has 88 valence electrons. The first-order chi connectivity index (χ1) is 7.61. The number of nitrogens with two attached hydrogens (primary N) is 1. The lowest BCUT2D eigenvalue weighted by molar-refractivity contribution is 0.602. The Kier molecular flexibility index (Phi) is 3.20. The van der Waals surface area contributed by atoms with Gasteiger partial charge in [-0.3, -0.25) is 0 Å². The summed E-state index contributed by atoms with van der Waals surface area (Å²) in [4.78, 5) is 2.50. The molecule has 0 radical (unpaired) electrons. The summed E-state index contributed by atoms with van der Waals surface area (Å²) in [7, 11) is 0. The highest BCUT2D eigenvalue weighted by molar-refractivity contribution is 5.60. The molecular weight excluding hydrogens is 196 g/mol. The molecule has 0 aromatic heterocycles. The van der Waals surface area contributed by atoms with Crippen LogP contribution in [0.4, 0.5) is 5.69 Å². The van der Waals surface area contributed by atoms with Crippen LogP contribution >= 0.6 is 0 Å². The van der Waals surface area contributed by atoms with Gasteiger partial charge in [-0.1, -0.05) is 17.7 Å². The van der Waals surface area contributed by atoms with Gasteiger partial charge in [0.05, 0.1) is 0 Å². The molecule has 1 fully saturated rings. The molecule has 2 nitrogen and oxygen atoms in total. The normalized spacial score (nSPS) is 20.5. The summed E-state index contributed by atoms with van der Waals surface area (Å²) in [6.07, 6.45) is 1.24. The highest BCUT2D eigenvalue weighted by Crippen LogP contribution is 2.30. The molecule has 1 atom stereocenters. The van der Waals surface area contributed by atoms with Crippen molar-refractivity contribution < 1.29 is 0 Å². The zero-order chi connectivity index (χ0) is 11.7. The molecule has 0 amide bonds. The van der Waals surface area contributed by atoms with E-state index in [1.165, 1.54) is 28.8 Å². The molecule has 1 aliphatic rings. The summed E-state index contributed by atoms with van der Waals surface area (Å²) in [5, 5.41) is 0. The van der Waals surface area contributed by atoms with Gasteiger partial charge in [0.15, 0.2) is 0 Å². The number of benzene rings is 1. The van der Waals surface area contributed by atoms with Crippen molar-refractivity contribution in [3.05, 3.63) is 28.8 Å². The molecule has 1 aliphatic heterocycles. The van der Waals surface area contributed by atoms with E-state index in [0.29, 0.717) is 5.92 Å². The maximum Gasteiger partial charge on any atom is 0.0425 e. The van der Waals surface area contributed by atoms with Gasteiger partial charge in [-0.25, -0.2) is 0 Å². The minimum atomic E-state index is 0.681. The van der Waals surface area contributed by atoms with E-state index in [0.717, 1.165) is 19.6 Å². The molecule has 1 aromatic carbocycles. The van der Waals surface area contributed by atoms with Gasteiger partial charge in [-0.05, 0) is 50.8 Å². The molecule has 2 N–H and O–H groups in total. The average Bonchev–Trinajstić information content (AvgIpc) is 2.64. The summed E-state index contributed by atoms with van der Waals surface area (Å²) in [6, 6.07) is 4.55. The summed E-state index contributed by atoms with van der Waals surface area (Å²) in [6.45, 7) is 9.70. The quantitative estimate of drug-likeness (QED) is 0.826. The Labute approximate surface area is 98.4 Å². The van der Waals surface area contributed by atoms with Crippen molar-refractivity contribution in [1.29, 1.82) is 0 Å². The summed E-state index contributed by atoms with van der Waals surface area (Å²) >= 11 is 0. The number of nitrogens with zero attached hydrogens (tertiary/aromatic N) is 1. The lowest BCUT2D eigenvalue weighted by Gasteiger charge is -2.23. The van der Waals surface area contributed by atoms with Gasteiger partial charge in [-0.2, -0.15) is 0 Å². The first-order valence-corrected chi connectivity index (χ1v) is 6.14. The van der Waals surface area contributed by atoms with Crippen molar-refractivity contribution in [2.75, 3.05) is 24.5 Å². The van der Waals surface area contributed by atoms with Crippen LogP contribution in [0.25, 0.3) is 0 Å². The minimum Gasteiger partial charge on any atom is -0.371 e. The Morgan fingerprint density at radius 2 is 1.88 bits per heavy atom. The van der Waals surface area contributed by atoms with Crippen molar-refractivity contribution in [2.24, 2.45) is 11.7 Å². The fourth-order valence-corrected chi connectivity index (χ4v) is 2.90. The first-order valence-electron chi connectivity index (χ1n) is 6.14. The smallest absolute Gasteiger partial charge is 0.0425 e. The van der Waals surface area contributed by atoms with Crippen LogP contribution in [0.2, 0.25) is 0 Å². The molecule has 1 heterocycles. The lowest BCUT2D eigenvalue weighted by Crippen LogP contribution is -2.24. The summed E-state index contributed by atoms with van der Waals surface area (Å²) in [5.74, 6) is 0.681. The van der Waals surface area contributed by atoms with Gasteiger partial charge in [-0.15, -0.1) is 0 Å². The third kappa shape index (κ3) is 2.07. The number of hydrogen-bond donors (Lipinski definition) is 1. The molecule has 0 bridgehead atoms. The fourth-order valence-electron chi connectivity index (χ4n) is 2.90. The third-order valence-corrected chi connectivity index (χ3v) is 3.57. The summed E-state index contributed by atoms with van der Waals surface area (Å²) in [5.41, 5.74) is 11.3. The molecule has 1 unspecified atom stereocenters. The predicted octanol–water partition coefficient (Wildman–Crippen LogP) is 2.40. The standard InChI is InChI=1S/C14H22N2/c1-10-6-11(2)14(12(3)7-10)16-5-4-13(8-15)9-16/h6-7,13H,4-5,8-9,15H2,1-3H3. The third-order valence-electron chi connectivity index (χ3n) is 3.57.